The highest BCUT2D eigenvalue weighted by atomic mass is 32.2. The third-order valence-electron chi connectivity index (χ3n) is 6.60. The number of carbonyl (C=O) groups is 2. The molecule has 2 saturated carbocycles. The van der Waals surface area contributed by atoms with E-state index in [0.29, 0.717) is 18.0 Å². The van der Waals surface area contributed by atoms with Gasteiger partial charge in [0.05, 0.1) is 16.5 Å². The van der Waals surface area contributed by atoms with Gasteiger partial charge in [-0.3, -0.25) is 9.69 Å². The fraction of sp³-hybridized carbons (Fsp3) is 0.375. The number of aliphatic imine (C=N–C) groups is 1. The van der Waals surface area contributed by atoms with E-state index in [-0.39, 0.29) is 22.8 Å². The van der Waals surface area contributed by atoms with Crippen LogP contribution in [-0.2, 0) is 11.2 Å². The molecule has 1 aliphatic heterocycles. The van der Waals surface area contributed by atoms with Gasteiger partial charge in [-0.25, -0.2) is 9.79 Å². The third-order valence-corrected chi connectivity index (χ3v) is 7.75. The van der Waals surface area contributed by atoms with Crippen molar-refractivity contribution in [3.05, 3.63) is 65.7 Å². The summed E-state index contributed by atoms with van der Waals surface area (Å²) < 4.78 is 0. The molecule has 2 aromatic carbocycles. The maximum atomic E-state index is 13.5. The number of carboxylic acids is 1. The van der Waals surface area contributed by atoms with Crippen LogP contribution in [0.1, 0.15) is 41.6 Å². The molecule has 2 aliphatic carbocycles. The van der Waals surface area contributed by atoms with Crippen molar-refractivity contribution in [1.29, 1.82) is 0 Å². The topological polar surface area (TPSA) is 70.0 Å². The van der Waals surface area contributed by atoms with Crippen LogP contribution >= 0.6 is 11.8 Å². The first-order valence-corrected chi connectivity index (χ1v) is 11.4. The number of nitrogens with zero attached hydrogens (tertiary/aromatic N) is 2. The molecule has 2 aromatic rings. The average molecular weight is 421 g/mol. The molecule has 4 atom stereocenters. The van der Waals surface area contributed by atoms with Crippen molar-refractivity contribution < 1.29 is 14.7 Å². The van der Waals surface area contributed by atoms with Crippen LogP contribution in [0, 0.1) is 11.8 Å². The van der Waals surface area contributed by atoms with E-state index in [1.807, 2.05) is 23.1 Å². The molecule has 1 N–H and O–H groups in total. The van der Waals surface area contributed by atoms with Gasteiger partial charge in [0.15, 0.2) is 5.17 Å². The van der Waals surface area contributed by atoms with Gasteiger partial charge in [0.1, 0.15) is 0 Å². The predicted molar refractivity (Wildman–Crippen MR) is 118 cm³/mol. The molecule has 3 aliphatic rings. The summed E-state index contributed by atoms with van der Waals surface area (Å²) in [5, 5.41) is 9.72. The molecule has 0 unspecified atom stereocenters. The highest BCUT2D eigenvalue weighted by Crippen LogP contribution is 2.49. The summed E-state index contributed by atoms with van der Waals surface area (Å²) in [6.45, 7) is 0. The number of rotatable bonds is 5. The zero-order chi connectivity index (χ0) is 20.7. The first-order valence-electron chi connectivity index (χ1n) is 10.5. The maximum absolute atomic E-state index is 13.5. The quantitative estimate of drug-likeness (QED) is 0.758. The average Bonchev–Trinajstić information content (AvgIpc) is 3.45. The van der Waals surface area contributed by atoms with Crippen LogP contribution < -0.4 is 0 Å². The Balaban J connectivity index is 1.44. The van der Waals surface area contributed by atoms with Crippen molar-refractivity contribution in [3.63, 3.8) is 0 Å². The molecule has 0 spiro atoms. The van der Waals surface area contributed by atoms with E-state index >= 15 is 0 Å². The van der Waals surface area contributed by atoms with Crippen molar-refractivity contribution in [1.82, 2.24) is 4.90 Å². The van der Waals surface area contributed by atoms with Crippen molar-refractivity contribution >= 4 is 34.5 Å². The molecular formula is C24H24N2O3S. The number of amidine groups is 1. The Morgan fingerprint density at radius 2 is 1.83 bits per heavy atom. The minimum atomic E-state index is -0.953. The lowest BCUT2D eigenvalue weighted by molar-refractivity contribution is -0.128. The standard InChI is InChI=1S/C24H24N2O3S/c27-22-21(14-15-4-2-1-3-5-15)30-24(25-19-10-8-17(9-11-19)23(28)29)26(22)20-13-16-6-7-18(20)12-16/h1-5,8-11,16,18,20-21H,6-7,12-14H2,(H,28,29)/t16-,18-,20-,21+/m1/s1. The highest BCUT2D eigenvalue weighted by Gasteiger charge is 2.49. The van der Waals surface area contributed by atoms with Gasteiger partial charge in [0, 0.05) is 6.04 Å². The lowest BCUT2D eigenvalue weighted by Crippen LogP contribution is -2.44. The second kappa shape index (κ2) is 7.91. The molecule has 6 heteroatoms. The van der Waals surface area contributed by atoms with E-state index in [1.54, 1.807) is 36.0 Å². The second-order valence-electron chi connectivity index (χ2n) is 8.49. The number of hydrogen-bond acceptors (Lipinski definition) is 4. The number of aromatic carboxylic acids is 1. The summed E-state index contributed by atoms with van der Waals surface area (Å²) in [5.41, 5.74) is 2.08. The zero-order valence-corrected chi connectivity index (χ0v) is 17.4. The molecule has 1 saturated heterocycles. The molecule has 1 heterocycles. The van der Waals surface area contributed by atoms with Gasteiger partial charge in [0.2, 0.25) is 5.91 Å². The van der Waals surface area contributed by atoms with Crippen molar-refractivity contribution in [2.45, 2.75) is 43.4 Å². The Morgan fingerprint density at radius 1 is 1.07 bits per heavy atom. The number of fused-ring (bicyclic) bond motifs is 2. The minimum Gasteiger partial charge on any atom is -0.478 e. The largest absolute Gasteiger partial charge is 0.478 e. The molecular weight excluding hydrogens is 396 g/mol. The summed E-state index contributed by atoms with van der Waals surface area (Å²) >= 11 is 1.55. The smallest absolute Gasteiger partial charge is 0.335 e. The summed E-state index contributed by atoms with van der Waals surface area (Å²) in [6, 6.07) is 16.9. The lowest BCUT2D eigenvalue weighted by atomic mass is 9.94. The van der Waals surface area contributed by atoms with Crippen molar-refractivity contribution in [2.75, 3.05) is 0 Å². The van der Waals surface area contributed by atoms with Gasteiger partial charge < -0.3 is 5.11 Å². The second-order valence-corrected chi connectivity index (χ2v) is 9.66. The first kappa shape index (κ1) is 19.4. The lowest BCUT2D eigenvalue weighted by Gasteiger charge is -2.31. The molecule has 5 nitrogen and oxygen atoms in total. The number of hydrogen-bond donors (Lipinski definition) is 1. The van der Waals surface area contributed by atoms with Gasteiger partial charge in [-0.2, -0.15) is 0 Å². The van der Waals surface area contributed by atoms with Gasteiger partial charge in [0.25, 0.3) is 0 Å². The Labute approximate surface area is 180 Å². The molecule has 0 radical (unpaired) electrons. The van der Waals surface area contributed by atoms with E-state index in [1.165, 1.54) is 19.3 Å². The number of amides is 1. The number of benzene rings is 2. The summed E-state index contributed by atoms with van der Waals surface area (Å²) in [4.78, 5) is 31.4. The summed E-state index contributed by atoms with van der Waals surface area (Å²) in [5.74, 6) is 0.533. The van der Waals surface area contributed by atoms with Crippen LogP contribution in [-0.4, -0.2) is 38.3 Å². The van der Waals surface area contributed by atoms with Crippen LogP contribution in [0.5, 0.6) is 0 Å². The SMILES string of the molecule is O=C(O)c1ccc(N=C2S[C@@H](Cc3ccccc3)C(=O)N2[C@@H]2C[C@@H]3CC[C@@H]2C3)cc1. The number of carboxylic acid groups (broad SMARTS) is 1. The van der Waals surface area contributed by atoms with E-state index in [9.17, 15) is 9.59 Å². The Morgan fingerprint density at radius 3 is 2.47 bits per heavy atom. The first-order chi connectivity index (χ1) is 14.6. The molecule has 2 bridgehead atoms. The molecule has 30 heavy (non-hydrogen) atoms. The molecule has 154 valence electrons. The van der Waals surface area contributed by atoms with E-state index in [0.717, 1.165) is 23.1 Å². The van der Waals surface area contributed by atoms with E-state index < -0.39 is 5.97 Å². The van der Waals surface area contributed by atoms with Crippen LogP contribution in [0.25, 0.3) is 0 Å². The van der Waals surface area contributed by atoms with Crippen molar-refractivity contribution in [3.8, 4) is 0 Å². The van der Waals surface area contributed by atoms with Gasteiger partial charge in [-0.1, -0.05) is 48.5 Å². The fourth-order valence-corrected chi connectivity index (χ4v) is 6.38. The molecule has 0 aromatic heterocycles. The predicted octanol–water partition coefficient (Wildman–Crippen LogP) is 4.75. The highest BCUT2D eigenvalue weighted by molar-refractivity contribution is 8.15. The van der Waals surface area contributed by atoms with E-state index in [2.05, 4.69) is 12.1 Å². The molecule has 5 rings (SSSR count). The molecule has 3 fully saturated rings. The van der Waals surface area contributed by atoms with Crippen LogP contribution in [0.4, 0.5) is 5.69 Å². The van der Waals surface area contributed by atoms with Crippen LogP contribution in [0.3, 0.4) is 0 Å². The van der Waals surface area contributed by atoms with Crippen LogP contribution in [0.15, 0.2) is 59.6 Å². The van der Waals surface area contributed by atoms with Gasteiger partial charge in [-0.15, -0.1) is 0 Å². The molecule has 1 amide bonds. The van der Waals surface area contributed by atoms with Gasteiger partial charge in [-0.05, 0) is 67.3 Å². The summed E-state index contributed by atoms with van der Waals surface area (Å²) in [7, 11) is 0. The Hall–Kier alpha value is -2.60. The Bertz CT molecular complexity index is 989. The third kappa shape index (κ3) is 3.65. The fourth-order valence-electron chi connectivity index (χ4n) is 5.14. The van der Waals surface area contributed by atoms with Gasteiger partial charge >= 0.3 is 5.97 Å². The summed E-state index contributed by atoms with van der Waals surface area (Å²) in [6.07, 6.45) is 5.48. The minimum absolute atomic E-state index is 0.163. The number of thioether (sulfide) groups is 1. The normalized spacial score (nSPS) is 29.1. The monoisotopic (exact) mass is 420 g/mol. The van der Waals surface area contributed by atoms with Crippen LogP contribution in [0.2, 0.25) is 0 Å². The zero-order valence-electron chi connectivity index (χ0n) is 16.6. The maximum Gasteiger partial charge on any atom is 0.335 e. The van der Waals surface area contributed by atoms with Crippen molar-refractivity contribution in [2.24, 2.45) is 16.8 Å². The van der Waals surface area contributed by atoms with E-state index in [4.69, 9.17) is 10.1 Å². The Kier molecular flexibility index (Phi) is 5.11. The number of carbonyl (C=O) groups excluding carboxylic acids is 1.